The van der Waals surface area contributed by atoms with E-state index in [9.17, 15) is 33.2 Å². The third kappa shape index (κ3) is 18.2. The number of thiazole rings is 1. The molecule has 1 aliphatic heterocycles. The number of esters is 1. The second kappa shape index (κ2) is 28.9. The monoisotopic (exact) mass is 998 g/mol. The Morgan fingerprint density at radius 1 is 1.01 bits per heavy atom. The normalized spacial score (nSPS) is 16.7. The standard InChI is InChI=1S/C50H71FN6O8S3/c1-9-22-57(49(62)39(33(5)10-2)28-43(59)41-15-12-14-23-56(41)8)42(32(3)4)29-45(65-35(7)58)48-55-40(31-66-48)47(61)54-38(27-36-17-19-37(51)20-18-36)26-34(6)44(60)30-53-50(63)64-24-25-67-68-46-16-11-13-21-52-46/h11,13,16-21,31-34,38-39,41-42,45H,9-10,12,14-15,22-30H2,1-8H3,(H,53,63)(H,54,61)/t33-,34-,38+,39-,41+,42+,45+/m0/s1. The first-order valence-corrected chi connectivity index (χ1v) is 27.1. The van der Waals surface area contributed by atoms with E-state index in [-0.39, 0.29) is 85.9 Å². The average molecular weight is 999 g/mol. The van der Waals surface area contributed by atoms with Crippen molar-refractivity contribution in [1.82, 2.24) is 30.4 Å². The highest BCUT2D eigenvalue weighted by molar-refractivity contribution is 8.76. The van der Waals surface area contributed by atoms with Crippen LogP contribution in [0.15, 0.2) is 59.1 Å². The number of pyridine rings is 1. The van der Waals surface area contributed by atoms with Crippen molar-refractivity contribution >= 4 is 68.4 Å². The minimum Gasteiger partial charge on any atom is -0.455 e. The Morgan fingerprint density at radius 2 is 1.76 bits per heavy atom. The molecule has 3 aromatic rings. The van der Waals surface area contributed by atoms with Crippen molar-refractivity contribution in [2.75, 3.05) is 39.0 Å². The van der Waals surface area contributed by atoms with E-state index in [0.717, 1.165) is 42.8 Å². The van der Waals surface area contributed by atoms with Gasteiger partial charge >= 0.3 is 12.1 Å². The van der Waals surface area contributed by atoms with Crippen molar-refractivity contribution in [2.24, 2.45) is 23.7 Å². The summed E-state index contributed by atoms with van der Waals surface area (Å²) in [7, 11) is 4.94. The molecule has 0 radical (unpaired) electrons. The molecule has 0 bridgehead atoms. The molecule has 68 heavy (non-hydrogen) atoms. The number of aromatic nitrogens is 2. The van der Waals surface area contributed by atoms with E-state index >= 15 is 0 Å². The summed E-state index contributed by atoms with van der Waals surface area (Å²) in [5, 5.41) is 8.35. The molecule has 0 saturated carbocycles. The third-order valence-electron chi connectivity index (χ3n) is 12.4. The smallest absolute Gasteiger partial charge is 0.407 e. The van der Waals surface area contributed by atoms with Crippen LogP contribution in [0, 0.1) is 29.5 Å². The van der Waals surface area contributed by atoms with Gasteiger partial charge in [-0.2, -0.15) is 0 Å². The number of nitrogens with zero attached hydrogens (tertiary/aromatic N) is 4. The van der Waals surface area contributed by atoms with Gasteiger partial charge in [-0.15, -0.1) is 11.3 Å². The summed E-state index contributed by atoms with van der Waals surface area (Å²) < 4.78 is 25.0. The molecule has 0 unspecified atom stereocenters. The van der Waals surface area contributed by atoms with Crippen LogP contribution in [0.1, 0.15) is 127 Å². The van der Waals surface area contributed by atoms with Gasteiger partial charge in [0.15, 0.2) is 17.7 Å². The second-order valence-corrected chi connectivity index (χ2v) is 21.4. The third-order valence-corrected chi connectivity index (χ3v) is 15.6. The fourth-order valence-corrected chi connectivity index (χ4v) is 11.0. The Hall–Kier alpha value is -4.39. The molecular weight excluding hydrogens is 928 g/mol. The lowest BCUT2D eigenvalue weighted by Gasteiger charge is -2.39. The average Bonchev–Trinajstić information content (AvgIpc) is 3.82. The number of ketones is 2. The predicted octanol–water partition coefficient (Wildman–Crippen LogP) is 9.14. The summed E-state index contributed by atoms with van der Waals surface area (Å²) in [6, 6.07) is 10.3. The summed E-state index contributed by atoms with van der Waals surface area (Å²) in [6.07, 6.45) is 5.22. The molecule has 0 aliphatic carbocycles. The SMILES string of the molecule is CCCN(C(=O)[C@@H](CC(=O)[C@H]1CCCCN1C)[C@@H](C)CC)[C@H](C[C@@H](OC(C)=O)c1nc(C(=O)N[C@@H](Cc2ccc(F)cc2)C[C@H](C)C(=O)CNC(=O)OCCSSc2ccccn2)cs1)C(C)C. The van der Waals surface area contributed by atoms with Crippen molar-refractivity contribution < 1.29 is 42.6 Å². The first kappa shape index (κ1) is 56.2. The van der Waals surface area contributed by atoms with Gasteiger partial charge in [0, 0.05) is 67.6 Å². The molecule has 1 fully saturated rings. The highest BCUT2D eigenvalue weighted by Crippen LogP contribution is 2.34. The molecule has 3 amide bonds. The van der Waals surface area contributed by atoms with Gasteiger partial charge in [0.1, 0.15) is 28.2 Å². The van der Waals surface area contributed by atoms with Gasteiger partial charge in [-0.25, -0.2) is 19.2 Å². The molecule has 3 heterocycles. The summed E-state index contributed by atoms with van der Waals surface area (Å²) in [5.74, 6) is -2.39. The summed E-state index contributed by atoms with van der Waals surface area (Å²) >= 11 is 1.17. The predicted molar refractivity (Wildman–Crippen MR) is 267 cm³/mol. The number of rotatable bonds is 28. The number of hydrogen-bond acceptors (Lipinski definition) is 14. The van der Waals surface area contributed by atoms with E-state index in [1.54, 1.807) is 30.6 Å². The van der Waals surface area contributed by atoms with Gasteiger partial charge in [0.25, 0.3) is 5.91 Å². The van der Waals surface area contributed by atoms with Crippen LogP contribution in [0.25, 0.3) is 0 Å². The van der Waals surface area contributed by atoms with Crippen LogP contribution >= 0.6 is 32.9 Å². The number of halogens is 1. The highest BCUT2D eigenvalue weighted by Gasteiger charge is 2.39. The quantitative estimate of drug-likeness (QED) is 0.0400. The molecular formula is C50H71FN6O8S3. The van der Waals surface area contributed by atoms with E-state index in [0.29, 0.717) is 23.7 Å². The van der Waals surface area contributed by atoms with E-state index in [1.165, 1.54) is 52.0 Å². The van der Waals surface area contributed by atoms with Gasteiger partial charge in [0.2, 0.25) is 5.91 Å². The van der Waals surface area contributed by atoms with E-state index in [1.807, 2.05) is 64.8 Å². The number of Topliss-reactive ketones (excluding diaryl/α,β-unsaturated/α-hetero) is 2. The second-order valence-electron chi connectivity index (χ2n) is 18.1. The maximum Gasteiger partial charge on any atom is 0.407 e. The van der Waals surface area contributed by atoms with E-state index < -0.39 is 47.8 Å². The van der Waals surface area contributed by atoms with E-state index in [4.69, 9.17) is 9.47 Å². The number of carbonyl (C=O) groups is 6. The van der Waals surface area contributed by atoms with Gasteiger partial charge in [-0.3, -0.25) is 28.9 Å². The number of benzene rings is 1. The molecule has 2 aromatic heterocycles. The Balaban J connectivity index is 1.46. The minimum atomic E-state index is -0.880. The lowest BCUT2D eigenvalue weighted by Crippen LogP contribution is -2.50. The molecule has 14 nitrogen and oxygen atoms in total. The van der Waals surface area contributed by atoms with Crippen molar-refractivity contribution in [3.8, 4) is 0 Å². The lowest BCUT2D eigenvalue weighted by molar-refractivity contribution is -0.150. The Labute approximate surface area is 413 Å². The fraction of sp³-hybridized carbons (Fsp3) is 0.600. The van der Waals surface area contributed by atoms with Crippen molar-refractivity contribution in [2.45, 2.75) is 136 Å². The van der Waals surface area contributed by atoms with Gasteiger partial charge in [-0.1, -0.05) is 83.4 Å². The van der Waals surface area contributed by atoms with Crippen molar-refractivity contribution in [3.05, 3.63) is 76.1 Å². The van der Waals surface area contributed by atoms with Crippen LogP contribution < -0.4 is 10.6 Å². The van der Waals surface area contributed by atoms with Gasteiger partial charge < -0.3 is 25.0 Å². The fourth-order valence-electron chi connectivity index (χ4n) is 8.43. The number of alkyl carbamates (subject to hydrolysis) is 1. The molecule has 1 aromatic carbocycles. The topological polar surface area (TPSA) is 177 Å². The van der Waals surface area contributed by atoms with Gasteiger partial charge in [0.05, 0.1) is 12.6 Å². The maximum atomic E-state index is 14.8. The number of carbonyl (C=O) groups excluding carboxylic acids is 6. The Bertz CT molecular complexity index is 2080. The largest absolute Gasteiger partial charge is 0.455 e. The van der Waals surface area contributed by atoms with E-state index in [2.05, 4.69) is 25.5 Å². The minimum absolute atomic E-state index is 0.0342. The van der Waals surface area contributed by atoms with Crippen molar-refractivity contribution in [1.29, 1.82) is 0 Å². The highest BCUT2D eigenvalue weighted by atomic mass is 33.1. The number of likely N-dealkylation sites (N-methyl/N-ethyl adjacent to an activating group) is 1. The number of piperidine rings is 1. The van der Waals surface area contributed by atoms with Crippen molar-refractivity contribution in [3.63, 3.8) is 0 Å². The molecule has 18 heteroatoms. The zero-order chi connectivity index (χ0) is 49.8. The molecule has 0 spiro atoms. The molecule has 374 valence electrons. The van der Waals surface area contributed by atoms with Crippen LogP contribution in [0.2, 0.25) is 0 Å². The first-order valence-electron chi connectivity index (χ1n) is 23.9. The zero-order valence-electron chi connectivity index (χ0n) is 40.9. The first-order chi connectivity index (χ1) is 32.5. The van der Waals surface area contributed by atoms with Crippen LogP contribution in [0.3, 0.4) is 0 Å². The maximum absolute atomic E-state index is 14.8. The summed E-state index contributed by atoms with van der Waals surface area (Å²) in [6.45, 7) is 14.3. The Morgan fingerprint density at radius 3 is 2.41 bits per heavy atom. The molecule has 2 N–H and O–H groups in total. The summed E-state index contributed by atoms with van der Waals surface area (Å²) in [5.41, 5.74) is 0.815. The van der Waals surface area contributed by atoms with Crippen LogP contribution in [0.4, 0.5) is 9.18 Å². The van der Waals surface area contributed by atoms with Gasteiger partial charge in [-0.05, 0) is 98.2 Å². The molecule has 7 atom stereocenters. The number of hydrogen-bond donors (Lipinski definition) is 2. The molecule has 1 saturated heterocycles. The van der Waals surface area contributed by atoms with Crippen LogP contribution in [-0.2, 0) is 35.1 Å². The molecule has 1 aliphatic rings. The summed E-state index contributed by atoms with van der Waals surface area (Å²) in [4.78, 5) is 93.7. The Kier molecular flexibility index (Phi) is 23.9. The van der Waals surface area contributed by atoms with Crippen LogP contribution in [-0.4, -0.2) is 112 Å². The number of amides is 3. The molecule has 4 rings (SSSR count). The number of likely N-dealkylation sites (tertiary alicyclic amines) is 1. The number of ether oxygens (including phenoxy) is 2. The van der Waals surface area contributed by atoms with Crippen LogP contribution in [0.5, 0.6) is 0 Å². The zero-order valence-corrected chi connectivity index (χ0v) is 43.3. The lowest BCUT2D eigenvalue weighted by atomic mass is 9.82. The number of nitrogens with one attached hydrogen (secondary N) is 2.